The van der Waals surface area contributed by atoms with Crippen LogP contribution < -0.4 is 11.0 Å². The Balaban J connectivity index is 1.67. The second kappa shape index (κ2) is 6.90. The molecule has 25 heavy (non-hydrogen) atoms. The maximum atomic E-state index is 13.3. The molecule has 1 aromatic heterocycles. The number of aromatic nitrogens is 2. The number of carbonyl (C=O) groups is 1. The zero-order valence-electron chi connectivity index (χ0n) is 14.0. The van der Waals surface area contributed by atoms with Crippen LogP contribution in [0.3, 0.4) is 0 Å². The van der Waals surface area contributed by atoms with Gasteiger partial charge in [0.15, 0.2) is 0 Å². The predicted molar refractivity (Wildman–Crippen MR) is 94.9 cm³/mol. The summed E-state index contributed by atoms with van der Waals surface area (Å²) in [6.45, 7) is 2.24. The molecule has 0 aliphatic rings. The molecule has 0 unspecified atom stereocenters. The molecule has 0 bridgehead atoms. The van der Waals surface area contributed by atoms with E-state index in [4.69, 9.17) is 0 Å². The van der Waals surface area contributed by atoms with Crippen LogP contribution in [-0.4, -0.2) is 33.9 Å². The van der Waals surface area contributed by atoms with Crippen molar-refractivity contribution in [1.29, 1.82) is 0 Å². The number of fused-ring (bicyclic) bond motifs is 1. The van der Waals surface area contributed by atoms with E-state index < -0.39 is 6.04 Å². The summed E-state index contributed by atoms with van der Waals surface area (Å²) in [7, 11) is 1.81. The van der Waals surface area contributed by atoms with E-state index >= 15 is 0 Å². The molecule has 1 amide bonds. The summed E-state index contributed by atoms with van der Waals surface area (Å²) >= 11 is 0. The summed E-state index contributed by atoms with van der Waals surface area (Å²) in [5.41, 5.74) is 2.41. The van der Waals surface area contributed by atoms with Crippen LogP contribution in [0.2, 0.25) is 0 Å². The van der Waals surface area contributed by atoms with Crippen molar-refractivity contribution in [3.63, 3.8) is 0 Å². The molecule has 0 aliphatic carbocycles. The number of hydrogen-bond acceptors (Lipinski definition) is 3. The predicted octanol–water partition coefficient (Wildman–Crippen LogP) is 2.45. The van der Waals surface area contributed by atoms with Gasteiger partial charge in [-0.3, -0.25) is 9.69 Å². The third kappa shape index (κ3) is 3.95. The van der Waals surface area contributed by atoms with Crippen molar-refractivity contribution in [3.05, 3.63) is 64.3 Å². The van der Waals surface area contributed by atoms with Crippen molar-refractivity contribution in [2.75, 3.05) is 12.4 Å². The van der Waals surface area contributed by atoms with Gasteiger partial charge in [-0.2, -0.15) is 0 Å². The van der Waals surface area contributed by atoms with Crippen LogP contribution in [0, 0.1) is 5.82 Å². The quantitative estimate of drug-likeness (QED) is 0.666. The van der Waals surface area contributed by atoms with Crippen molar-refractivity contribution in [1.82, 2.24) is 14.9 Å². The fourth-order valence-electron chi connectivity index (χ4n) is 2.62. The van der Waals surface area contributed by atoms with Crippen LogP contribution in [-0.2, 0) is 11.3 Å². The highest BCUT2D eigenvalue weighted by atomic mass is 19.1. The molecule has 3 aromatic rings. The number of carbonyl (C=O) groups excluding carboxylic acids is 1. The van der Waals surface area contributed by atoms with E-state index in [9.17, 15) is 14.0 Å². The number of hydrogen-bond donors (Lipinski definition) is 3. The van der Waals surface area contributed by atoms with Gasteiger partial charge in [-0.15, -0.1) is 0 Å². The summed E-state index contributed by atoms with van der Waals surface area (Å²) in [6, 6.07) is 11.1. The molecule has 0 radical (unpaired) electrons. The average Bonchev–Trinajstić information content (AvgIpc) is 2.93. The van der Waals surface area contributed by atoms with Crippen LogP contribution in [0.15, 0.2) is 47.3 Å². The van der Waals surface area contributed by atoms with E-state index in [1.54, 1.807) is 31.2 Å². The second-order valence-corrected chi connectivity index (χ2v) is 6.05. The fourth-order valence-corrected chi connectivity index (χ4v) is 2.62. The van der Waals surface area contributed by atoms with E-state index in [0.717, 1.165) is 5.56 Å². The number of benzene rings is 2. The third-order valence-corrected chi connectivity index (χ3v) is 4.15. The molecule has 1 heterocycles. The minimum absolute atomic E-state index is 0.184. The molecule has 0 fully saturated rings. The van der Waals surface area contributed by atoms with Gasteiger partial charge in [-0.05, 0) is 49.9 Å². The van der Waals surface area contributed by atoms with Gasteiger partial charge in [0.25, 0.3) is 0 Å². The summed E-state index contributed by atoms with van der Waals surface area (Å²) < 4.78 is 13.3. The van der Waals surface area contributed by atoms with Gasteiger partial charge in [-0.1, -0.05) is 12.1 Å². The van der Waals surface area contributed by atoms with E-state index in [0.29, 0.717) is 23.3 Å². The Labute approximate surface area is 143 Å². The highest BCUT2D eigenvalue weighted by Crippen LogP contribution is 2.16. The minimum atomic E-state index is -0.413. The Morgan fingerprint density at radius 1 is 1.20 bits per heavy atom. The SMILES string of the molecule is C[C@H](C(=O)Nc1ccc2[nH]c(=O)[nH]c2c1)N(C)Cc1cccc(F)c1. The van der Waals surface area contributed by atoms with Crippen LogP contribution in [0.4, 0.5) is 10.1 Å². The van der Waals surface area contributed by atoms with Crippen LogP contribution >= 0.6 is 0 Å². The monoisotopic (exact) mass is 342 g/mol. The van der Waals surface area contributed by atoms with Crippen molar-refractivity contribution >= 4 is 22.6 Å². The number of nitrogens with zero attached hydrogens (tertiary/aromatic N) is 1. The van der Waals surface area contributed by atoms with E-state index in [-0.39, 0.29) is 17.4 Å². The lowest BCUT2D eigenvalue weighted by Crippen LogP contribution is -2.39. The summed E-state index contributed by atoms with van der Waals surface area (Å²) in [6.07, 6.45) is 0. The number of H-pyrrole nitrogens is 2. The molecule has 3 N–H and O–H groups in total. The molecule has 0 saturated heterocycles. The van der Waals surface area contributed by atoms with Gasteiger partial charge >= 0.3 is 5.69 Å². The Hall–Kier alpha value is -2.93. The van der Waals surface area contributed by atoms with E-state index in [1.807, 2.05) is 18.0 Å². The van der Waals surface area contributed by atoms with Gasteiger partial charge < -0.3 is 15.3 Å². The molecular weight excluding hydrogens is 323 g/mol. The Kier molecular flexibility index (Phi) is 4.67. The fraction of sp³-hybridized carbons (Fsp3) is 0.222. The van der Waals surface area contributed by atoms with Crippen LogP contribution in [0.5, 0.6) is 0 Å². The van der Waals surface area contributed by atoms with Gasteiger partial charge in [0.1, 0.15) is 5.82 Å². The highest BCUT2D eigenvalue weighted by molar-refractivity contribution is 5.96. The molecular formula is C18H19FN4O2. The zero-order chi connectivity index (χ0) is 18.0. The third-order valence-electron chi connectivity index (χ3n) is 4.15. The van der Waals surface area contributed by atoms with Crippen molar-refractivity contribution in [3.8, 4) is 0 Å². The smallest absolute Gasteiger partial charge is 0.323 e. The molecule has 0 aliphatic heterocycles. The Morgan fingerprint density at radius 3 is 2.72 bits per heavy atom. The second-order valence-electron chi connectivity index (χ2n) is 6.05. The highest BCUT2D eigenvalue weighted by Gasteiger charge is 2.18. The van der Waals surface area contributed by atoms with Gasteiger partial charge in [0, 0.05) is 12.2 Å². The van der Waals surface area contributed by atoms with Crippen LogP contribution in [0.25, 0.3) is 11.0 Å². The maximum Gasteiger partial charge on any atom is 0.323 e. The molecule has 0 saturated carbocycles. The number of imidazole rings is 1. The molecule has 0 spiro atoms. The number of nitrogens with one attached hydrogen (secondary N) is 3. The van der Waals surface area contributed by atoms with Crippen molar-refractivity contribution in [2.45, 2.75) is 19.5 Å². The lowest BCUT2D eigenvalue weighted by Gasteiger charge is -2.24. The van der Waals surface area contributed by atoms with Crippen molar-refractivity contribution < 1.29 is 9.18 Å². The number of rotatable bonds is 5. The lowest BCUT2D eigenvalue weighted by atomic mass is 10.1. The first-order valence-electron chi connectivity index (χ1n) is 7.90. The summed E-state index contributed by atoms with van der Waals surface area (Å²) in [4.78, 5) is 30.9. The first-order chi connectivity index (χ1) is 11.9. The van der Waals surface area contributed by atoms with E-state index in [1.165, 1.54) is 12.1 Å². The molecule has 7 heteroatoms. The standard InChI is InChI=1S/C18H19FN4O2/c1-11(23(2)10-12-4-3-5-13(19)8-12)17(24)20-14-6-7-15-16(9-14)22-18(25)21-15/h3-9,11H,10H2,1-2H3,(H,20,24)(H2,21,22,25)/t11-/m1/s1. The number of halogens is 1. The maximum absolute atomic E-state index is 13.3. The normalized spacial score (nSPS) is 12.5. The Bertz CT molecular complexity index is 963. The number of amides is 1. The number of anilines is 1. The average molecular weight is 342 g/mol. The lowest BCUT2D eigenvalue weighted by molar-refractivity contribution is -0.120. The molecule has 1 atom stereocenters. The molecule has 130 valence electrons. The largest absolute Gasteiger partial charge is 0.325 e. The zero-order valence-corrected chi connectivity index (χ0v) is 14.0. The first-order valence-corrected chi connectivity index (χ1v) is 7.90. The van der Waals surface area contributed by atoms with Crippen LogP contribution in [0.1, 0.15) is 12.5 Å². The van der Waals surface area contributed by atoms with Gasteiger partial charge in [0.2, 0.25) is 5.91 Å². The van der Waals surface area contributed by atoms with Crippen molar-refractivity contribution in [2.24, 2.45) is 0 Å². The molecule has 6 nitrogen and oxygen atoms in total. The summed E-state index contributed by atoms with van der Waals surface area (Å²) in [5, 5.41) is 2.83. The topological polar surface area (TPSA) is 81.0 Å². The Morgan fingerprint density at radius 2 is 1.96 bits per heavy atom. The first kappa shape index (κ1) is 16.9. The van der Waals surface area contributed by atoms with Gasteiger partial charge in [0.05, 0.1) is 17.1 Å². The summed E-state index contributed by atoms with van der Waals surface area (Å²) in [5.74, 6) is -0.479. The van der Waals surface area contributed by atoms with E-state index in [2.05, 4.69) is 15.3 Å². The molecule has 2 aromatic carbocycles. The van der Waals surface area contributed by atoms with Gasteiger partial charge in [-0.25, -0.2) is 9.18 Å². The molecule has 3 rings (SSSR count). The number of likely N-dealkylation sites (N-methyl/N-ethyl adjacent to an activating group) is 1. The number of aromatic amines is 2. The minimum Gasteiger partial charge on any atom is -0.325 e.